The van der Waals surface area contributed by atoms with E-state index in [4.69, 9.17) is 0 Å². The molecule has 0 fully saturated rings. The minimum absolute atomic E-state index is 0.00859. The summed E-state index contributed by atoms with van der Waals surface area (Å²) in [6, 6.07) is 174. The Balaban J connectivity index is 0.000000119. The molecule has 5 aliphatic rings. The smallest absolute Gasteiger partial charge is 0.165 e. The number of nitrogens with zero attached hydrogens (tertiary/aromatic N) is 1. The van der Waals surface area contributed by atoms with Crippen LogP contribution in [0.2, 0.25) is 0 Å². The molecule has 18 aromatic carbocycles. The first kappa shape index (κ1) is 98.3. The third kappa shape index (κ3) is 21.0. The standard InChI is InChI=1S/2C33H24.2C19H16.C14H22O.C10H15NO.C9H14O2/c2*1-2-12-22(13-3-1)31(32-27-18-8-4-14-23(27)24-15-5-9-19-28(24)32)33-29-20-10-6-16-25(29)26-17-7-11-21-30(26)33;2*1-4-10-16(11-5-1)19(17-12-6-2-7-13-17)18-14-8-3-9-15-18;1-13(2,3)10-8-7-9-11(12(10)15)14(4,5)6;1-10(2,3)11(12)9-7-5-4-6-8-9;1-8(2)6(10)5-7(11)9(8,3)4/h2*1-21,31-33H;2*1-15,19H;7-9,15H,1-6H3;4-8,12H,1-3H3;5,10H,1-4H3. The number of anilines is 1. The number of allylic oxidation sites excluding steroid dienone is 2. The molecule has 5 aliphatic carbocycles. The predicted molar refractivity (Wildman–Crippen MR) is 593 cm³/mol. The number of benzene rings is 18. The first-order chi connectivity index (χ1) is 68.7. The number of para-hydroxylation sites is 2. The number of ketones is 1. The lowest BCUT2D eigenvalue weighted by Gasteiger charge is -2.33. The van der Waals surface area contributed by atoms with Gasteiger partial charge in [-0.3, -0.25) is 15.1 Å². The van der Waals surface area contributed by atoms with Crippen molar-refractivity contribution in [1.29, 1.82) is 0 Å². The molecule has 0 atom stereocenters. The van der Waals surface area contributed by atoms with Gasteiger partial charge in [0.2, 0.25) is 0 Å². The number of hydroxylamine groups is 1. The average molecular weight is 1860 g/mol. The average Bonchev–Trinajstić information content (AvgIpc) is 1.56. The van der Waals surface area contributed by atoms with Gasteiger partial charge in [0.1, 0.15) is 11.5 Å². The second-order valence-corrected chi connectivity index (χ2v) is 42.0. The van der Waals surface area contributed by atoms with Crippen molar-refractivity contribution >= 4 is 11.5 Å². The summed E-state index contributed by atoms with van der Waals surface area (Å²) >= 11 is 0. The van der Waals surface area contributed by atoms with Crippen LogP contribution in [0, 0.1) is 10.8 Å². The van der Waals surface area contributed by atoms with Gasteiger partial charge in [-0.25, -0.2) is 0 Å². The van der Waals surface area contributed by atoms with Crippen molar-refractivity contribution in [2.45, 2.75) is 154 Å². The Kier molecular flexibility index (Phi) is 29.9. The van der Waals surface area contributed by atoms with Crippen molar-refractivity contribution in [3.8, 4) is 50.3 Å². The molecule has 142 heavy (non-hydrogen) atoms. The SMILES string of the molecule is CC(C)(C)N(O)c1ccccc1.CC(C)(C)c1cccc(C(C)(C)C)c1O.CC1(C)C(=O)C=C(O)C1(C)C.c1ccc(C(C2c3ccccc3-c3ccccc32)C2c3ccccc3-c3ccccc32)cc1.c1ccc(C(C2c3ccccc3-c3ccccc32)C2c3ccccc3-c3ccccc32)cc1.c1ccc(C(c2ccccc2)c2ccccc2)cc1.c1ccc(C(c2ccccc2)c2ccccc2)cc1. The first-order valence-electron chi connectivity index (χ1n) is 50.1. The van der Waals surface area contributed by atoms with Crippen LogP contribution in [-0.4, -0.2) is 26.7 Å². The molecular weight excluding hydrogens is 1720 g/mol. The number of carbonyl (C=O) groups excluding carboxylic acids is 1. The fourth-order valence-electron chi connectivity index (χ4n) is 21.7. The zero-order valence-electron chi connectivity index (χ0n) is 84.1. The van der Waals surface area contributed by atoms with Crippen LogP contribution in [0.15, 0.2) is 497 Å². The van der Waals surface area contributed by atoms with Crippen molar-refractivity contribution in [1.82, 2.24) is 0 Å². The van der Waals surface area contributed by atoms with Gasteiger partial charge in [-0.05, 0) is 188 Å². The van der Waals surface area contributed by atoms with Crippen molar-refractivity contribution in [2.75, 3.05) is 5.06 Å². The highest BCUT2D eigenvalue weighted by Crippen LogP contribution is 2.63. The number of aliphatic hydroxyl groups is 1. The maximum atomic E-state index is 11.3. The molecule has 5 nitrogen and oxygen atoms in total. The Morgan fingerprint density at radius 1 is 0.232 bits per heavy atom. The van der Waals surface area contributed by atoms with E-state index < -0.39 is 10.8 Å². The Morgan fingerprint density at radius 2 is 0.415 bits per heavy atom. The van der Waals surface area contributed by atoms with Gasteiger partial charge < -0.3 is 10.2 Å². The summed E-state index contributed by atoms with van der Waals surface area (Å²) in [5.41, 5.74) is 35.3. The van der Waals surface area contributed by atoms with E-state index >= 15 is 0 Å². The fourth-order valence-corrected chi connectivity index (χ4v) is 21.7. The highest BCUT2D eigenvalue weighted by Gasteiger charge is 2.51. The summed E-state index contributed by atoms with van der Waals surface area (Å²) in [4.78, 5) is 11.3. The summed E-state index contributed by atoms with van der Waals surface area (Å²) in [6.45, 7) is 26.1. The number of fused-ring (bicyclic) bond motifs is 12. The molecule has 0 saturated heterocycles. The van der Waals surface area contributed by atoms with Crippen LogP contribution in [-0.2, 0) is 15.6 Å². The van der Waals surface area contributed by atoms with Crippen LogP contribution >= 0.6 is 0 Å². The molecule has 0 bridgehead atoms. The third-order valence-corrected chi connectivity index (χ3v) is 29.5. The van der Waals surface area contributed by atoms with E-state index in [9.17, 15) is 20.2 Å². The molecule has 0 amide bonds. The van der Waals surface area contributed by atoms with Crippen LogP contribution in [0.4, 0.5) is 5.69 Å². The van der Waals surface area contributed by atoms with Crippen LogP contribution in [0.5, 0.6) is 5.75 Å². The van der Waals surface area contributed by atoms with Gasteiger partial charge in [-0.2, -0.15) is 0 Å². The number of aliphatic hydroxyl groups excluding tert-OH is 1. The molecule has 0 spiro atoms. The third-order valence-electron chi connectivity index (χ3n) is 29.5. The van der Waals surface area contributed by atoms with Crippen molar-refractivity contribution < 1.29 is 20.2 Å². The van der Waals surface area contributed by atoms with Crippen LogP contribution < -0.4 is 5.06 Å². The maximum absolute atomic E-state index is 11.3. The second kappa shape index (κ2) is 43.2. The number of phenols is 1. The minimum Gasteiger partial charge on any atom is -0.512 e. The zero-order valence-corrected chi connectivity index (χ0v) is 84.1. The summed E-state index contributed by atoms with van der Waals surface area (Å²) in [5, 5.41) is 30.6. The molecule has 0 aromatic heterocycles. The van der Waals surface area contributed by atoms with Crippen LogP contribution in [0.1, 0.15) is 237 Å². The predicted octanol–water partition coefficient (Wildman–Crippen LogP) is 35.3. The Morgan fingerprint density at radius 3 is 0.585 bits per heavy atom. The summed E-state index contributed by atoms with van der Waals surface area (Å²) < 4.78 is 0. The molecule has 18 aromatic rings. The largest absolute Gasteiger partial charge is 0.512 e. The lowest BCUT2D eigenvalue weighted by molar-refractivity contribution is -0.124. The topological polar surface area (TPSA) is 81.0 Å². The molecule has 3 N–H and O–H groups in total. The van der Waals surface area contributed by atoms with E-state index in [1.165, 1.54) is 145 Å². The normalized spacial score (nSPS) is 13.8. The van der Waals surface area contributed by atoms with E-state index in [-0.39, 0.29) is 27.9 Å². The van der Waals surface area contributed by atoms with E-state index in [2.05, 4.69) is 478 Å². The van der Waals surface area contributed by atoms with Crippen molar-refractivity contribution in [3.05, 3.63) is 597 Å². The van der Waals surface area contributed by atoms with E-state index in [1.54, 1.807) is 0 Å². The maximum Gasteiger partial charge on any atom is 0.165 e. The van der Waals surface area contributed by atoms with Gasteiger partial charge >= 0.3 is 0 Å². The molecular formula is C137H131NO4. The highest BCUT2D eigenvalue weighted by atomic mass is 16.5. The number of phenolic OH excluding ortho intramolecular Hbond substituents is 1. The van der Waals surface area contributed by atoms with E-state index in [0.29, 0.717) is 53.1 Å². The van der Waals surface area contributed by atoms with Crippen LogP contribution in [0.25, 0.3) is 44.5 Å². The van der Waals surface area contributed by atoms with Crippen molar-refractivity contribution in [2.24, 2.45) is 10.8 Å². The minimum atomic E-state index is -0.461. The van der Waals surface area contributed by atoms with Crippen LogP contribution in [0.3, 0.4) is 0 Å². The lowest BCUT2D eigenvalue weighted by atomic mass is 9.69. The quantitative estimate of drug-likeness (QED) is 0.0792. The number of aromatic hydroxyl groups is 1. The van der Waals surface area contributed by atoms with Gasteiger partial charge in [-0.15, -0.1) is 0 Å². The Labute approximate surface area is 843 Å². The molecule has 5 heteroatoms. The number of carbonyl (C=O) groups is 1. The highest BCUT2D eigenvalue weighted by molar-refractivity contribution is 5.98. The second-order valence-electron chi connectivity index (χ2n) is 42.0. The van der Waals surface area contributed by atoms with Crippen molar-refractivity contribution in [3.63, 3.8) is 0 Å². The van der Waals surface area contributed by atoms with Gasteiger partial charge in [-0.1, -0.05) is 542 Å². The monoisotopic (exact) mass is 1850 g/mol. The summed E-state index contributed by atoms with van der Waals surface area (Å²) in [6.07, 6.45) is 1.33. The lowest BCUT2D eigenvalue weighted by Crippen LogP contribution is -2.38. The summed E-state index contributed by atoms with van der Waals surface area (Å²) in [7, 11) is 0. The molecule has 0 heterocycles. The van der Waals surface area contributed by atoms with Gasteiger partial charge in [0.15, 0.2) is 5.78 Å². The molecule has 708 valence electrons. The molecule has 0 unspecified atom stereocenters. The Hall–Kier alpha value is -15.3. The van der Waals surface area contributed by atoms with E-state index in [0.717, 1.165) is 16.8 Å². The zero-order chi connectivity index (χ0) is 99.3. The van der Waals surface area contributed by atoms with Gasteiger partial charge in [0, 0.05) is 64.2 Å². The number of hydrogen-bond donors (Lipinski definition) is 3. The molecule has 0 aliphatic heterocycles. The molecule has 0 saturated carbocycles. The van der Waals surface area contributed by atoms with Gasteiger partial charge in [0.05, 0.1) is 11.2 Å². The van der Waals surface area contributed by atoms with E-state index in [1.807, 2.05) is 97.0 Å². The number of rotatable bonds is 13. The first-order valence-corrected chi connectivity index (χ1v) is 50.1. The fraction of sp³-hybridized carbons (Fsp3) is 0.190. The Bertz CT molecular complexity index is 6340. The van der Waals surface area contributed by atoms with Gasteiger partial charge in [0.25, 0.3) is 0 Å². The molecule has 0 radical (unpaired) electrons. The number of hydrogen-bond acceptors (Lipinski definition) is 5. The molecule has 23 rings (SSSR count). The summed E-state index contributed by atoms with van der Waals surface area (Å²) in [5.74, 6) is 3.14.